The summed E-state index contributed by atoms with van der Waals surface area (Å²) in [5.74, 6) is -0.465. The van der Waals surface area contributed by atoms with Crippen LogP contribution >= 0.6 is 23.4 Å². The quantitative estimate of drug-likeness (QED) is 0.685. The highest BCUT2D eigenvalue weighted by molar-refractivity contribution is 8.04. The Kier molecular flexibility index (Phi) is 6.32. The summed E-state index contributed by atoms with van der Waals surface area (Å²) in [5, 5.41) is 14.4. The Labute approximate surface area is 176 Å². The maximum Gasteiger partial charge on any atom is 0.325 e. The van der Waals surface area contributed by atoms with E-state index in [4.69, 9.17) is 22.1 Å². The smallest absolute Gasteiger partial charge is 0.325 e. The van der Waals surface area contributed by atoms with Crippen LogP contribution in [0.15, 0.2) is 59.1 Å². The molecule has 0 aromatic heterocycles. The molecule has 4 N–H and O–H groups in total. The molecule has 3 rings (SSSR count). The number of amides is 3. The standard InChI is InChI=1S/C20H17ClN4O3S/c1-28-14-8-2-11(3-9-14)16-15(10-22)18(23)29-17(16)19(26)25-20(27)24-13-6-4-12(21)5-7-13/h2-9,16-17H,23H2,1H3,(H2,24,25,26,27)/t16-,17-/m1/s1. The van der Waals surface area contributed by atoms with Crippen molar-refractivity contribution in [2.24, 2.45) is 5.73 Å². The minimum absolute atomic E-state index is 0.270. The number of rotatable bonds is 4. The number of nitriles is 1. The Morgan fingerprint density at radius 2 is 1.83 bits per heavy atom. The summed E-state index contributed by atoms with van der Waals surface area (Å²) in [4.78, 5) is 25.0. The van der Waals surface area contributed by atoms with Gasteiger partial charge in [0.1, 0.15) is 11.0 Å². The van der Waals surface area contributed by atoms with Crippen LogP contribution in [0.3, 0.4) is 0 Å². The fourth-order valence-corrected chi connectivity index (χ4v) is 4.23. The Hall–Kier alpha value is -3.15. The Morgan fingerprint density at radius 3 is 2.41 bits per heavy atom. The molecule has 1 heterocycles. The zero-order valence-corrected chi connectivity index (χ0v) is 16.9. The molecule has 0 aliphatic carbocycles. The average molecular weight is 429 g/mol. The van der Waals surface area contributed by atoms with E-state index in [1.54, 1.807) is 55.6 Å². The third-order valence-corrected chi connectivity index (χ3v) is 5.79. The first-order valence-corrected chi connectivity index (χ1v) is 9.76. The first kappa shape index (κ1) is 20.6. The first-order valence-electron chi connectivity index (χ1n) is 8.50. The highest BCUT2D eigenvalue weighted by Gasteiger charge is 2.41. The lowest BCUT2D eigenvalue weighted by Gasteiger charge is -2.19. The Bertz CT molecular complexity index is 1000. The van der Waals surface area contributed by atoms with E-state index in [0.717, 1.165) is 17.3 Å². The van der Waals surface area contributed by atoms with E-state index in [1.807, 2.05) is 0 Å². The SMILES string of the molecule is COc1ccc([C@@H]2C(C#N)=C(N)S[C@H]2C(=O)NC(=O)Nc2ccc(Cl)cc2)cc1. The molecule has 3 amide bonds. The second-order valence-corrected chi connectivity index (χ2v) is 7.75. The third-order valence-electron chi connectivity index (χ3n) is 4.33. The third kappa shape index (κ3) is 4.65. The normalized spacial score (nSPS) is 18.1. The number of thioether (sulfide) groups is 1. The number of urea groups is 1. The summed E-state index contributed by atoms with van der Waals surface area (Å²) in [6.07, 6.45) is 0. The van der Waals surface area contributed by atoms with Crippen molar-refractivity contribution in [3.05, 3.63) is 69.7 Å². The van der Waals surface area contributed by atoms with Gasteiger partial charge in [-0.3, -0.25) is 10.1 Å². The molecule has 0 bridgehead atoms. The van der Waals surface area contributed by atoms with Gasteiger partial charge in [0, 0.05) is 16.6 Å². The van der Waals surface area contributed by atoms with Crippen molar-refractivity contribution in [2.75, 3.05) is 12.4 Å². The van der Waals surface area contributed by atoms with Gasteiger partial charge in [-0.2, -0.15) is 5.26 Å². The molecule has 2 atom stereocenters. The van der Waals surface area contributed by atoms with E-state index in [2.05, 4.69) is 16.7 Å². The number of ether oxygens (including phenoxy) is 1. The van der Waals surface area contributed by atoms with Gasteiger partial charge in [0.25, 0.3) is 0 Å². The fraction of sp³-hybridized carbons (Fsp3) is 0.150. The van der Waals surface area contributed by atoms with Crippen LogP contribution in [0.25, 0.3) is 0 Å². The summed E-state index contributed by atoms with van der Waals surface area (Å²) in [7, 11) is 1.55. The van der Waals surface area contributed by atoms with Crippen molar-refractivity contribution in [2.45, 2.75) is 11.2 Å². The van der Waals surface area contributed by atoms with E-state index in [1.165, 1.54) is 0 Å². The summed E-state index contributed by atoms with van der Waals surface area (Å²) >= 11 is 6.88. The molecule has 1 aliphatic heterocycles. The summed E-state index contributed by atoms with van der Waals surface area (Å²) < 4.78 is 5.15. The van der Waals surface area contributed by atoms with Crippen molar-refractivity contribution in [1.82, 2.24) is 5.32 Å². The van der Waals surface area contributed by atoms with Crippen molar-refractivity contribution < 1.29 is 14.3 Å². The monoisotopic (exact) mass is 428 g/mol. The van der Waals surface area contributed by atoms with E-state index >= 15 is 0 Å². The lowest BCUT2D eigenvalue weighted by molar-refractivity contribution is -0.119. The number of carbonyl (C=O) groups is 2. The van der Waals surface area contributed by atoms with Gasteiger partial charge in [-0.1, -0.05) is 35.5 Å². The Morgan fingerprint density at radius 1 is 1.17 bits per heavy atom. The summed E-state index contributed by atoms with van der Waals surface area (Å²) in [6.45, 7) is 0. The topological polar surface area (TPSA) is 117 Å². The minimum Gasteiger partial charge on any atom is -0.497 e. The number of imide groups is 1. The predicted molar refractivity (Wildman–Crippen MR) is 113 cm³/mol. The predicted octanol–water partition coefficient (Wildman–Crippen LogP) is 3.59. The van der Waals surface area contributed by atoms with E-state index < -0.39 is 23.1 Å². The molecule has 0 spiro atoms. The van der Waals surface area contributed by atoms with Crippen LogP contribution in [-0.4, -0.2) is 24.3 Å². The summed E-state index contributed by atoms with van der Waals surface area (Å²) in [5.41, 5.74) is 7.49. The molecule has 2 aromatic carbocycles. The van der Waals surface area contributed by atoms with Gasteiger partial charge in [0.2, 0.25) is 5.91 Å². The number of carbonyl (C=O) groups excluding carboxylic acids is 2. The van der Waals surface area contributed by atoms with Crippen LogP contribution in [0.1, 0.15) is 11.5 Å². The van der Waals surface area contributed by atoms with Crippen molar-refractivity contribution >= 4 is 41.0 Å². The molecule has 7 nitrogen and oxygen atoms in total. The van der Waals surface area contributed by atoms with Gasteiger partial charge < -0.3 is 15.8 Å². The fourth-order valence-electron chi connectivity index (χ4n) is 2.93. The molecule has 0 radical (unpaired) electrons. The van der Waals surface area contributed by atoms with Gasteiger partial charge in [-0.05, 0) is 42.0 Å². The molecule has 0 fully saturated rings. The summed E-state index contributed by atoms with van der Waals surface area (Å²) in [6, 6.07) is 14.9. The van der Waals surface area contributed by atoms with E-state index in [-0.39, 0.29) is 5.03 Å². The van der Waals surface area contributed by atoms with Crippen LogP contribution in [0.2, 0.25) is 5.02 Å². The van der Waals surface area contributed by atoms with Gasteiger partial charge in [-0.25, -0.2) is 4.79 Å². The molecule has 0 saturated heterocycles. The lowest BCUT2D eigenvalue weighted by Crippen LogP contribution is -2.41. The number of nitrogens with one attached hydrogen (secondary N) is 2. The number of nitrogens with two attached hydrogens (primary N) is 1. The van der Waals surface area contributed by atoms with Crippen molar-refractivity contribution in [1.29, 1.82) is 5.26 Å². The average Bonchev–Trinajstić information content (AvgIpc) is 3.06. The zero-order valence-electron chi connectivity index (χ0n) is 15.3. The van der Waals surface area contributed by atoms with Crippen molar-refractivity contribution in [3.8, 4) is 11.8 Å². The number of anilines is 1. The van der Waals surface area contributed by atoms with Gasteiger partial charge in [-0.15, -0.1) is 0 Å². The Balaban J connectivity index is 1.76. The molecular formula is C20H17ClN4O3S. The number of methoxy groups -OCH3 is 1. The number of hydrogen-bond acceptors (Lipinski definition) is 6. The lowest BCUT2D eigenvalue weighted by atomic mass is 9.88. The van der Waals surface area contributed by atoms with Gasteiger partial charge in [0.05, 0.1) is 23.8 Å². The van der Waals surface area contributed by atoms with Crippen LogP contribution in [0, 0.1) is 11.3 Å². The van der Waals surface area contributed by atoms with Gasteiger partial charge >= 0.3 is 6.03 Å². The molecule has 1 aliphatic rings. The van der Waals surface area contributed by atoms with E-state index in [0.29, 0.717) is 22.0 Å². The molecule has 0 saturated carbocycles. The number of hydrogen-bond donors (Lipinski definition) is 3. The highest BCUT2D eigenvalue weighted by Crippen LogP contribution is 2.45. The van der Waals surface area contributed by atoms with Crippen LogP contribution in [-0.2, 0) is 4.79 Å². The van der Waals surface area contributed by atoms with Crippen LogP contribution < -0.4 is 21.1 Å². The van der Waals surface area contributed by atoms with Crippen LogP contribution in [0.4, 0.5) is 10.5 Å². The number of benzene rings is 2. The first-order chi connectivity index (χ1) is 13.9. The molecular weight excluding hydrogens is 412 g/mol. The molecule has 9 heteroatoms. The molecule has 0 unspecified atom stereocenters. The molecule has 2 aromatic rings. The highest BCUT2D eigenvalue weighted by atomic mass is 35.5. The number of allylic oxidation sites excluding steroid dienone is 1. The zero-order chi connectivity index (χ0) is 21.0. The van der Waals surface area contributed by atoms with E-state index in [9.17, 15) is 14.9 Å². The van der Waals surface area contributed by atoms with Crippen LogP contribution in [0.5, 0.6) is 5.75 Å². The second-order valence-electron chi connectivity index (χ2n) is 6.13. The molecule has 29 heavy (non-hydrogen) atoms. The van der Waals surface area contributed by atoms with Crippen molar-refractivity contribution in [3.63, 3.8) is 0 Å². The number of nitrogens with zero attached hydrogens (tertiary/aromatic N) is 1. The second kappa shape index (κ2) is 8.90. The number of halogens is 1. The maximum atomic E-state index is 12.8. The largest absolute Gasteiger partial charge is 0.497 e. The molecule has 148 valence electrons. The maximum absolute atomic E-state index is 12.8. The minimum atomic E-state index is -0.756. The van der Waals surface area contributed by atoms with Gasteiger partial charge in [0.15, 0.2) is 0 Å².